The number of hydrogen-bond acceptors (Lipinski definition) is 4. The summed E-state index contributed by atoms with van der Waals surface area (Å²) in [5.74, 6) is 0. The number of alkyl carbamates (subject to hydrolysis) is 1. The average molecular weight is 280 g/mol. The summed E-state index contributed by atoms with van der Waals surface area (Å²) in [5, 5.41) is 6.29. The summed E-state index contributed by atoms with van der Waals surface area (Å²) in [5.41, 5.74) is 0.714. The predicted octanol–water partition coefficient (Wildman–Crippen LogP) is 1.66. The summed E-state index contributed by atoms with van der Waals surface area (Å²) in [6.45, 7) is 9.37. The van der Waals surface area contributed by atoms with E-state index in [4.69, 9.17) is 4.74 Å². The molecule has 6 heteroatoms. The zero-order valence-corrected chi connectivity index (χ0v) is 12.6. The van der Waals surface area contributed by atoms with E-state index in [0.717, 1.165) is 25.2 Å². The van der Waals surface area contributed by atoms with Crippen LogP contribution in [0.3, 0.4) is 0 Å². The molecule has 2 N–H and O–H groups in total. The van der Waals surface area contributed by atoms with Gasteiger partial charge in [-0.1, -0.05) is 0 Å². The Morgan fingerprint density at radius 3 is 2.90 bits per heavy atom. The van der Waals surface area contributed by atoms with Gasteiger partial charge in [0.15, 0.2) is 0 Å². The minimum absolute atomic E-state index is 0.169. The number of nitrogens with one attached hydrogen (secondary N) is 2. The highest BCUT2D eigenvalue weighted by Crippen LogP contribution is 2.22. The third-order valence-electron chi connectivity index (χ3n) is 3.18. The van der Waals surface area contributed by atoms with Crippen molar-refractivity contribution in [3.63, 3.8) is 0 Å². The fraction of sp³-hybridized carbons (Fsp3) is 0.714. The van der Waals surface area contributed by atoms with Crippen molar-refractivity contribution in [3.8, 4) is 0 Å². The minimum Gasteiger partial charge on any atom is -0.444 e. The van der Waals surface area contributed by atoms with E-state index < -0.39 is 5.60 Å². The largest absolute Gasteiger partial charge is 0.444 e. The number of ether oxygens (including phenoxy) is 1. The number of hydrogen-bond donors (Lipinski definition) is 2. The van der Waals surface area contributed by atoms with Crippen LogP contribution < -0.4 is 10.6 Å². The zero-order valence-electron chi connectivity index (χ0n) is 12.6. The van der Waals surface area contributed by atoms with Gasteiger partial charge in [0, 0.05) is 31.4 Å². The van der Waals surface area contributed by atoms with Crippen molar-refractivity contribution in [1.82, 2.24) is 20.2 Å². The van der Waals surface area contributed by atoms with Crippen LogP contribution in [0.15, 0.2) is 12.5 Å². The third kappa shape index (κ3) is 4.23. The van der Waals surface area contributed by atoms with E-state index in [1.54, 1.807) is 0 Å². The molecule has 1 aliphatic rings. The number of carbonyl (C=O) groups excluding carboxylic acids is 1. The molecule has 6 nitrogen and oxygen atoms in total. The second-order valence-corrected chi connectivity index (χ2v) is 6.15. The van der Waals surface area contributed by atoms with E-state index in [2.05, 4.69) is 27.1 Å². The summed E-state index contributed by atoms with van der Waals surface area (Å²) < 4.78 is 7.33. The van der Waals surface area contributed by atoms with Crippen LogP contribution >= 0.6 is 0 Å². The van der Waals surface area contributed by atoms with E-state index in [1.807, 2.05) is 33.3 Å². The van der Waals surface area contributed by atoms with Gasteiger partial charge in [0.25, 0.3) is 0 Å². The summed E-state index contributed by atoms with van der Waals surface area (Å²) in [7, 11) is 0. The quantitative estimate of drug-likeness (QED) is 0.860. The van der Waals surface area contributed by atoms with Crippen molar-refractivity contribution in [2.75, 3.05) is 0 Å². The Morgan fingerprint density at radius 1 is 1.50 bits per heavy atom. The topological polar surface area (TPSA) is 68.2 Å². The van der Waals surface area contributed by atoms with Crippen molar-refractivity contribution >= 4 is 6.09 Å². The minimum atomic E-state index is -0.449. The highest BCUT2D eigenvalue weighted by atomic mass is 16.6. The van der Waals surface area contributed by atoms with Crippen LogP contribution in [0.25, 0.3) is 0 Å². The van der Waals surface area contributed by atoms with Crippen LogP contribution in [0.5, 0.6) is 0 Å². The predicted molar refractivity (Wildman–Crippen MR) is 76.3 cm³/mol. The smallest absolute Gasteiger partial charge is 0.407 e. The number of nitrogens with zero attached hydrogens (tertiary/aromatic N) is 2. The molecular weight excluding hydrogens is 256 g/mol. The number of aromatic nitrogens is 2. The molecule has 0 aliphatic heterocycles. The number of aryl methyl sites for hydroxylation is 1. The van der Waals surface area contributed by atoms with Gasteiger partial charge in [0.1, 0.15) is 5.60 Å². The van der Waals surface area contributed by atoms with E-state index in [1.165, 1.54) is 0 Å². The van der Waals surface area contributed by atoms with Crippen molar-refractivity contribution in [2.24, 2.45) is 0 Å². The molecule has 0 radical (unpaired) electrons. The Bertz CT molecular complexity index is 464. The molecular formula is C14H24N4O2. The molecule has 112 valence electrons. The highest BCUT2D eigenvalue weighted by molar-refractivity contribution is 5.68. The summed E-state index contributed by atoms with van der Waals surface area (Å²) in [6.07, 6.45) is 4.31. The van der Waals surface area contributed by atoms with E-state index in [0.29, 0.717) is 6.04 Å². The fourth-order valence-corrected chi connectivity index (χ4v) is 2.05. The molecule has 0 spiro atoms. The molecule has 0 aromatic carbocycles. The molecule has 1 amide bonds. The first-order valence-electron chi connectivity index (χ1n) is 7.11. The Morgan fingerprint density at radius 2 is 2.25 bits per heavy atom. The number of amides is 1. The van der Waals surface area contributed by atoms with Crippen LogP contribution in [-0.4, -0.2) is 33.3 Å². The van der Waals surface area contributed by atoms with Crippen LogP contribution in [0, 0.1) is 0 Å². The summed E-state index contributed by atoms with van der Waals surface area (Å²) in [4.78, 5) is 15.7. The SMILES string of the molecule is CCn1cncc1CNC1CC1NC(=O)OC(C)(C)C. The number of imidazole rings is 1. The highest BCUT2D eigenvalue weighted by Gasteiger charge is 2.38. The third-order valence-corrected chi connectivity index (χ3v) is 3.18. The van der Waals surface area contributed by atoms with Gasteiger partial charge < -0.3 is 19.9 Å². The second-order valence-electron chi connectivity index (χ2n) is 6.15. The van der Waals surface area contributed by atoms with E-state index in [-0.39, 0.29) is 12.1 Å². The van der Waals surface area contributed by atoms with Crippen molar-refractivity contribution in [1.29, 1.82) is 0 Å². The van der Waals surface area contributed by atoms with Crippen LogP contribution in [0.1, 0.15) is 39.8 Å². The normalized spacial score (nSPS) is 21.6. The monoisotopic (exact) mass is 280 g/mol. The first-order chi connectivity index (χ1) is 9.39. The standard InChI is InChI=1S/C14H24N4O2/c1-5-18-9-15-7-10(18)8-16-11-6-12(11)17-13(19)20-14(2,3)4/h7,9,11-12,16H,5-6,8H2,1-4H3,(H,17,19). The lowest BCUT2D eigenvalue weighted by Crippen LogP contribution is -2.36. The molecule has 1 heterocycles. The average Bonchev–Trinajstić information content (AvgIpc) is 2.88. The van der Waals surface area contributed by atoms with Crippen molar-refractivity contribution < 1.29 is 9.53 Å². The van der Waals surface area contributed by atoms with Gasteiger partial charge in [-0.3, -0.25) is 0 Å². The maximum atomic E-state index is 11.6. The van der Waals surface area contributed by atoms with Gasteiger partial charge in [0.2, 0.25) is 0 Å². The molecule has 0 saturated heterocycles. The summed E-state index contributed by atoms with van der Waals surface area (Å²) >= 11 is 0. The summed E-state index contributed by atoms with van der Waals surface area (Å²) in [6, 6.07) is 0.491. The van der Waals surface area contributed by atoms with E-state index >= 15 is 0 Å². The van der Waals surface area contributed by atoms with Crippen molar-refractivity contribution in [3.05, 3.63) is 18.2 Å². The molecule has 2 rings (SSSR count). The second kappa shape index (κ2) is 5.83. The van der Waals surface area contributed by atoms with E-state index in [9.17, 15) is 4.79 Å². The maximum Gasteiger partial charge on any atom is 0.407 e. The molecule has 2 unspecified atom stereocenters. The van der Waals surface area contributed by atoms with Gasteiger partial charge in [-0.2, -0.15) is 0 Å². The maximum absolute atomic E-state index is 11.6. The molecule has 2 atom stereocenters. The Kier molecular flexibility index (Phi) is 4.32. The zero-order chi connectivity index (χ0) is 14.8. The van der Waals surface area contributed by atoms with Crippen LogP contribution in [0.4, 0.5) is 4.79 Å². The molecule has 1 fully saturated rings. The molecule has 20 heavy (non-hydrogen) atoms. The van der Waals surface area contributed by atoms with Gasteiger partial charge in [0.05, 0.1) is 12.0 Å². The lowest BCUT2D eigenvalue weighted by molar-refractivity contribution is 0.0522. The number of rotatable bonds is 5. The van der Waals surface area contributed by atoms with Crippen LogP contribution in [-0.2, 0) is 17.8 Å². The Labute approximate surface area is 119 Å². The first kappa shape index (κ1) is 14.8. The first-order valence-corrected chi connectivity index (χ1v) is 7.11. The van der Waals surface area contributed by atoms with Gasteiger partial charge in [-0.25, -0.2) is 9.78 Å². The molecule has 1 aromatic heterocycles. The Balaban J connectivity index is 1.69. The Hall–Kier alpha value is -1.56. The molecule has 1 aliphatic carbocycles. The fourth-order valence-electron chi connectivity index (χ4n) is 2.05. The number of carbonyl (C=O) groups is 1. The molecule has 1 saturated carbocycles. The molecule has 0 bridgehead atoms. The lowest BCUT2D eigenvalue weighted by atomic mass is 10.2. The molecule has 1 aromatic rings. The van der Waals surface area contributed by atoms with Gasteiger partial charge in [-0.05, 0) is 34.1 Å². The van der Waals surface area contributed by atoms with Gasteiger partial charge >= 0.3 is 6.09 Å². The van der Waals surface area contributed by atoms with Crippen LogP contribution in [0.2, 0.25) is 0 Å². The van der Waals surface area contributed by atoms with Crippen molar-refractivity contribution in [2.45, 2.75) is 64.9 Å². The van der Waals surface area contributed by atoms with Gasteiger partial charge in [-0.15, -0.1) is 0 Å². The lowest BCUT2D eigenvalue weighted by Gasteiger charge is -2.19.